The predicted octanol–water partition coefficient (Wildman–Crippen LogP) is 5.27. The number of alkyl halides is 16. The first kappa shape index (κ1) is 32.7. The summed E-state index contributed by atoms with van der Waals surface area (Å²) < 4.78 is 239. The smallest absolute Gasteiger partial charge is 0.316 e. The molecule has 0 rings (SSSR count). The third-order valence-corrected chi connectivity index (χ3v) is 4.52. The molecule has 0 amide bonds. The Morgan fingerprint density at radius 1 is 0.618 bits per heavy atom. The van der Waals surface area contributed by atoms with Crippen LogP contribution in [-0.2, 0) is 19.6 Å². The number of unbranched alkanes of at least 4 members (excludes halogenated alkanes) is 1. The van der Waals surface area contributed by atoms with Crippen molar-refractivity contribution in [2.75, 3.05) is 13.2 Å². The van der Waals surface area contributed by atoms with Crippen LogP contribution in [0.3, 0.4) is 0 Å². The van der Waals surface area contributed by atoms with Crippen molar-refractivity contribution in [3.8, 4) is 0 Å². The van der Waals surface area contributed by atoms with Gasteiger partial charge in [0.25, 0.3) is 0 Å². The molecule has 0 radical (unpaired) electrons. The average Bonchev–Trinajstić information content (AvgIpc) is 2.62. The van der Waals surface area contributed by atoms with Gasteiger partial charge in [-0.25, -0.2) is 8.78 Å². The normalized spacial score (nSPS) is 15.8. The summed E-state index contributed by atoms with van der Waals surface area (Å²) in [5, 5.41) is -7.17. The SMILES string of the molecule is O=S(=O)(O)C(F)(F)C(F)(F)C(F)(F)C(F)(F)OCCCCOC(F)(F)C(F)(F)C(F)(F)C(F)F. The van der Waals surface area contributed by atoms with Crippen LogP contribution in [0, 0.1) is 0 Å². The maximum absolute atomic E-state index is 13.2. The molecule has 0 aliphatic heterocycles. The highest BCUT2D eigenvalue weighted by Gasteiger charge is 2.85. The van der Waals surface area contributed by atoms with E-state index in [1.807, 2.05) is 0 Å². The van der Waals surface area contributed by atoms with Crippen LogP contribution in [0.1, 0.15) is 12.8 Å². The largest absolute Gasteiger partial charge is 0.438 e. The highest BCUT2D eigenvalue weighted by molar-refractivity contribution is 7.87. The van der Waals surface area contributed by atoms with Crippen molar-refractivity contribution in [2.45, 2.75) is 60.4 Å². The Kier molecular flexibility index (Phi) is 9.27. The summed E-state index contributed by atoms with van der Waals surface area (Å²) in [4.78, 5) is 0. The van der Waals surface area contributed by atoms with E-state index in [1.54, 1.807) is 0 Å². The van der Waals surface area contributed by atoms with Crippen molar-refractivity contribution >= 4 is 10.1 Å². The Morgan fingerprint density at radius 3 is 1.24 bits per heavy atom. The topological polar surface area (TPSA) is 72.8 Å². The van der Waals surface area contributed by atoms with Gasteiger partial charge in [0.1, 0.15) is 0 Å². The first-order valence-electron chi connectivity index (χ1n) is 7.83. The van der Waals surface area contributed by atoms with Gasteiger partial charge in [-0.1, -0.05) is 0 Å². The average molecular weight is 570 g/mol. The molecule has 0 heterocycles. The predicted molar refractivity (Wildman–Crippen MR) is 73.3 cm³/mol. The van der Waals surface area contributed by atoms with E-state index in [0.29, 0.717) is 0 Å². The number of halogens is 16. The molecule has 0 aromatic rings. The van der Waals surface area contributed by atoms with Gasteiger partial charge in [0, 0.05) is 0 Å². The summed E-state index contributed by atoms with van der Waals surface area (Å²) in [5.74, 6) is -28.2. The third kappa shape index (κ3) is 5.58. The molecule has 0 saturated heterocycles. The van der Waals surface area contributed by atoms with E-state index < -0.39 is 83.8 Å². The second-order valence-electron chi connectivity index (χ2n) is 6.08. The van der Waals surface area contributed by atoms with E-state index in [4.69, 9.17) is 4.55 Å². The Hall–Kier alpha value is -1.29. The summed E-state index contributed by atoms with van der Waals surface area (Å²) in [5.41, 5.74) is 0. The molecule has 206 valence electrons. The molecular weight excluding hydrogens is 560 g/mol. The number of hydrogen-bond donors (Lipinski definition) is 1. The molecule has 0 fully saturated rings. The maximum atomic E-state index is 13.2. The molecule has 0 spiro atoms. The van der Waals surface area contributed by atoms with Crippen LogP contribution in [0.25, 0.3) is 0 Å². The second-order valence-corrected chi connectivity index (χ2v) is 7.54. The summed E-state index contributed by atoms with van der Waals surface area (Å²) in [6, 6.07) is 0. The standard InChI is InChI=1S/C12H10F16O5S/c13-5(14)6(15,16)7(17,18)10(23,24)32-3-1-2-4-33-11(25,26)8(19,20)9(21,22)12(27,28)34(29,30)31/h5H,1-4H2,(H,29,30,31). The zero-order valence-corrected chi connectivity index (χ0v) is 16.3. The zero-order chi connectivity index (χ0) is 27.8. The molecule has 5 nitrogen and oxygen atoms in total. The van der Waals surface area contributed by atoms with E-state index in [1.165, 1.54) is 0 Å². The van der Waals surface area contributed by atoms with Crippen LogP contribution in [-0.4, -0.2) is 73.8 Å². The van der Waals surface area contributed by atoms with Crippen molar-refractivity contribution < 1.29 is 92.7 Å². The van der Waals surface area contributed by atoms with Gasteiger partial charge in [0.2, 0.25) is 0 Å². The second kappa shape index (κ2) is 9.64. The molecule has 0 aliphatic carbocycles. The summed E-state index contributed by atoms with van der Waals surface area (Å²) >= 11 is 0. The number of hydrogen-bond acceptors (Lipinski definition) is 4. The van der Waals surface area contributed by atoms with Crippen molar-refractivity contribution in [1.82, 2.24) is 0 Å². The van der Waals surface area contributed by atoms with E-state index in [-0.39, 0.29) is 0 Å². The molecule has 0 bridgehead atoms. The minimum atomic E-state index is -7.50. The van der Waals surface area contributed by atoms with Gasteiger partial charge in [0.05, 0.1) is 13.2 Å². The molecule has 0 unspecified atom stereocenters. The van der Waals surface area contributed by atoms with E-state index in [2.05, 4.69) is 9.47 Å². The Balaban J connectivity index is 5.11. The zero-order valence-electron chi connectivity index (χ0n) is 15.4. The lowest BCUT2D eigenvalue weighted by molar-refractivity contribution is -0.418. The lowest BCUT2D eigenvalue weighted by Crippen LogP contribution is -2.64. The van der Waals surface area contributed by atoms with Crippen LogP contribution >= 0.6 is 0 Å². The van der Waals surface area contributed by atoms with Gasteiger partial charge < -0.3 is 9.47 Å². The van der Waals surface area contributed by atoms with Crippen LogP contribution in [0.5, 0.6) is 0 Å². The van der Waals surface area contributed by atoms with Crippen molar-refractivity contribution in [3.63, 3.8) is 0 Å². The van der Waals surface area contributed by atoms with Gasteiger partial charge >= 0.3 is 57.7 Å². The lowest BCUT2D eigenvalue weighted by atomic mass is 10.1. The van der Waals surface area contributed by atoms with Crippen LogP contribution in [0.2, 0.25) is 0 Å². The number of ether oxygens (including phenoxy) is 2. The quantitative estimate of drug-likeness (QED) is 0.175. The summed E-state index contributed by atoms with van der Waals surface area (Å²) in [6.07, 6.45) is -20.8. The highest BCUT2D eigenvalue weighted by Crippen LogP contribution is 2.54. The minimum Gasteiger partial charge on any atom is -0.316 e. The van der Waals surface area contributed by atoms with E-state index in [9.17, 15) is 78.7 Å². The third-order valence-electron chi connectivity index (χ3n) is 3.61. The Bertz CT molecular complexity index is 796. The maximum Gasteiger partial charge on any atom is 0.438 e. The molecule has 22 heteroatoms. The highest BCUT2D eigenvalue weighted by atomic mass is 32.2. The van der Waals surface area contributed by atoms with Crippen LogP contribution < -0.4 is 0 Å². The Morgan fingerprint density at radius 2 is 0.941 bits per heavy atom. The van der Waals surface area contributed by atoms with Crippen molar-refractivity contribution in [1.29, 1.82) is 0 Å². The van der Waals surface area contributed by atoms with E-state index in [0.717, 1.165) is 0 Å². The molecule has 34 heavy (non-hydrogen) atoms. The van der Waals surface area contributed by atoms with Crippen molar-refractivity contribution in [2.24, 2.45) is 0 Å². The molecule has 0 saturated carbocycles. The van der Waals surface area contributed by atoms with Crippen molar-refractivity contribution in [3.05, 3.63) is 0 Å². The van der Waals surface area contributed by atoms with Crippen LogP contribution in [0.15, 0.2) is 0 Å². The molecule has 0 aromatic heterocycles. The molecule has 0 atom stereocenters. The molecule has 0 aromatic carbocycles. The minimum absolute atomic E-state index is 1.27. The van der Waals surface area contributed by atoms with Gasteiger partial charge in [-0.05, 0) is 12.8 Å². The van der Waals surface area contributed by atoms with Crippen LogP contribution in [0.4, 0.5) is 70.2 Å². The molecule has 0 aliphatic rings. The number of rotatable bonds is 14. The Labute approximate surface area is 177 Å². The lowest BCUT2D eigenvalue weighted by Gasteiger charge is -2.34. The first-order valence-corrected chi connectivity index (χ1v) is 9.27. The fourth-order valence-electron chi connectivity index (χ4n) is 1.64. The van der Waals surface area contributed by atoms with Gasteiger partial charge in [-0.2, -0.15) is 69.9 Å². The fourth-order valence-corrected chi connectivity index (χ4v) is 2.10. The summed E-state index contributed by atoms with van der Waals surface area (Å²) in [6.45, 7) is -3.79. The van der Waals surface area contributed by atoms with Gasteiger partial charge in [-0.3, -0.25) is 4.55 Å². The summed E-state index contributed by atoms with van der Waals surface area (Å²) in [7, 11) is -7.38. The fraction of sp³-hybridized carbons (Fsp3) is 1.00. The molecular formula is C12H10F16O5S. The molecule has 1 N–H and O–H groups in total. The first-order chi connectivity index (χ1) is 14.7. The van der Waals surface area contributed by atoms with E-state index >= 15 is 0 Å². The monoisotopic (exact) mass is 570 g/mol. The van der Waals surface area contributed by atoms with Gasteiger partial charge in [-0.15, -0.1) is 0 Å². The van der Waals surface area contributed by atoms with Gasteiger partial charge in [0.15, 0.2) is 0 Å².